The van der Waals surface area contributed by atoms with Crippen LogP contribution in [0.2, 0.25) is 10.0 Å². The molecule has 39 heavy (non-hydrogen) atoms. The van der Waals surface area contributed by atoms with Gasteiger partial charge in [0.05, 0.1) is 25.9 Å². The van der Waals surface area contributed by atoms with Crippen molar-refractivity contribution in [1.82, 2.24) is 14.9 Å². The van der Waals surface area contributed by atoms with Crippen LogP contribution in [0.1, 0.15) is 23.0 Å². The zero-order valence-corrected chi connectivity index (χ0v) is 23.5. The third-order valence-electron chi connectivity index (χ3n) is 6.09. The first-order valence-electron chi connectivity index (χ1n) is 11.4. The second kappa shape index (κ2) is 11.0. The number of nitrogens with one attached hydrogen (secondary N) is 1. The van der Waals surface area contributed by atoms with E-state index in [1.807, 2.05) is 12.2 Å². The van der Waals surface area contributed by atoms with Crippen molar-refractivity contribution < 1.29 is 26.4 Å². The van der Waals surface area contributed by atoms with Crippen LogP contribution in [0.15, 0.2) is 65.7 Å². The molecule has 2 atom stereocenters. The number of alkyl halides is 4. The Labute approximate surface area is 238 Å². The average molecular weight is 619 g/mol. The fourth-order valence-corrected chi connectivity index (χ4v) is 5.70. The van der Waals surface area contributed by atoms with Gasteiger partial charge < -0.3 is 9.88 Å². The molecule has 0 fully saturated rings. The highest BCUT2D eigenvalue weighted by molar-refractivity contribution is 7.90. The Morgan fingerprint density at radius 2 is 1.74 bits per heavy atom. The van der Waals surface area contributed by atoms with Crippen LogP contribution in [0.25, 0.3) is 22.7 Å². The number of imidazole rings is 1. The number of amides is 1. The summed E-state index contributed by atoms with van der Waals surface area (Å²) in [5.41, 5.74) is 1.87. The third-order valence-corrected chi connectivity index (χ3v) is 8.44. The fourth-order valence-electron chi connectivity index (χ4n) is 4.16. The van der Waals surface area contributed by atoms with Crippen LogP contribution in [0.4, 0.5) is 13.2 Å². The van der Waals surface area contributed by atoms with Crippen LogP contribution in [0.5, 0.6) is 0 Å². The molecule has 1 aromatic heterocycles. The Bertz CT molecular complexity index is 1590. The lowest BCUT2D eigenvalue weighted by molar-refractivity contribution is -0.123. The summed E-state index contributed by atoms with van der Waals surface area (Å²) in [7, 11) is -3.43. The highest BCUT2D eigenvalue weighted by atomic mass is 35.5. The summed E-state index contributed by atoms with van der Waals surface area (Å²) in [4.78, 5) is 17.0. The van der Waals surface area contributed by atoms with Crippen molar-refractivity contribution in [3.63, 3.8) is 0 Å². The lowest BCUT2D eigenvalue weighted by Gasteiger charge is -2.29. The molecular formula is C26H21Cl3F3N3O3S. The first-order valence-corrected chi connectivity index (χ1v) is 14.5. The van der Waals surface area contributed by atoms with Gasteiger partial charge in [-0.05, 0) is 41.5 Å². The Kier molecular flexibility index (Phi) is 8.23. The number of benzene rings is 2. The van der Waals surface area contributed by atoms with Crippen molar-refractivity contribution in [3.8, 4) is 11.4 Å². The Hall–Kier alpha value is -2.79. The van der Waals surface area contributed by atoms with Crippen molar-refractivity contribution in [2.75, 3.05) is 12.8 Å². The summed E-state index contributed by atoms with van der Waals surface area (Å²) in [6.45, 7) is 0.316. The summed E-state index contributed by atoms with van der Waals surface area (Å²) in [5, 5.41) is 1.51. The van der Waals surface area contributed by atoms with E-state index in [2.05, 4.69) is 4.98 Å². The van der Waals surface area contributed by atoms with E-state index in [1.54, 1.807) is 48.6 Å². The average Bonchev–Trinajstić information content (AvgIpc) is 3.28. The van der Waals surface area contributed by atoms with Gasteiger partial charge in [-0.1, -0.05) is 54.4 Å². The smallest absolute Gasteiger partial charge is 0.342 e. The van der Waals surface area contributed by atoms with E-state index in [1.165, 1.54) is 16.8 Å². The van der Waals surface area contributed by atoms with Gasteiger partial charge in [0, 0.05) is 24.1 Å². The SMILES string of the molecule is CC1C(c2cccc(S(C)(=O)=O)c2)=CC=C(n2cc(C(=O)NCC(F)(F)F)nc2-c2c(Cl)cccc2Cl)C1Cl. The predicted octanol–water partition coefficient (Wildman–Crippen LogP) is 6.73. The largest absolute Gasteiger partial charge is 0.405 e. The molecule has 0 saturated carbocycles. The van der Waals surface area contributed by atoms with E-state index >= 15 is 0 Å². The van der Waals surface area contributed by atoms with E-state index in [4.69, 9.17) is 34.8 Å². The topological polar surface area (TPSA) is 81.1 Å². The molecule has 1 heterocycles. The molecule has 13 heteroatoms. The summed E-state index contributed by atoms with van der Waals surface area (Å²) < 4.78 is 63.7. The molecule has 1 aliphatic carbocycles. The van der Waals surface area contributed by atoms with Crippen molar-refractivity contribution >= 4 is 61.8 Å². The van der Waals surface area contributed by atoms with Gasteiger partial charge in [-0.25, -0.2) is 13.4 Å². The standard InChI is InChI=1S/C26H21Cl3F3N3O3S/c1-14-17(15-5-3-6-16(11-15)39(2,37)38)9-10-21(23(14)29)35-12-20(25(36)33-13-26(30,31)32)34-24(35)22-18(27)7-4-8-19(22)28/h3-12,14,23H,13H2,1-2H3,(H,33,36). The van der Waals surface area contributed by atoms with Crippen LogP contribution < -0.4 is 5.32 Å². The lowest BCUT2D eigenvalue weighted by Crippen LogP contribution is -2.33. The first-order chi connectivity index (χ1) is 18.2. The lowest BCUT2D eigenvalue weighted by atomic mass is 9.86. The summed E-state index contributed by atoms with van der Waals surface area (Å²) in [5.74, 6) is -1.27. The molecule has 1 aliphatic rings. The van der Waals surface area contributed by atoms with Gasteiger partial charge in [-0.3, -0.25) is 4.79 Å². The van der Waals surface area contributed by atoms with Gasteiger partial charge in [0.15, 0.2) is 9.84 Å². The van der Waals surface area contributed by atoms with Crippen LogP contribution in [0, 0.1) is 5.92 Å². The number of carbonyl (C=O) groups excluding carboxylic acids is 1. The van der Waals surface area contributed by atoms with Gasteiger partial charge in [0.25, 0.3) is 5.91 Å². The molecule has 1 amide bonds. The molecule has 0 aliphatic heterocycles. The Morgan fingerprint density at radius 3 is 2.36 bits per heavy atom. The van der Waals surface area contributed by atoms with Crippen LogP contribution in [0.3, 0.4) is 0 Å². The van der Waals surface area contributed by atoms with Gasteiger partial charge in [0.1, 0.15) is 18.1 Å². The quantitative estimate of drug-likeness (QED) is 0.311. The number of rotatable bonds is 6. The van der Waals surface area contributed by atoms with E-state index in [-0.39, 0.29) is 37.9 Å². The summed E-state index contributed by atoms with van der Waals surface area (Å²) in [6.07, 6.45) is 1.23. The molecule has 0 spiro atoms. The molecule has 0 radical (unpaired) electrons. The molecule has 2 aromatic carbocycles. The molecule has 206 valence electrons. The van der Waals surface area contributed by atoms with Crippen molar-refractivity contribution in [1.29, 1.82) is 0 Å². The number of aromatic nitrogens is 2. The zero-order chi connectivity index (χ0) is 28.7. The number of nitrogens with zero attached hydrogens (tertiary/aromatic N) is 2. The maximum atomic E-state index is 12.7. The molecular weight excluding hydrogens is 598 g/mol. The highest BCUT2D eigenvalue weighted by Crippen LogP contribution is 2.41. The van der Waals surface area contributed by atoms with Gasteiger partial charge >= 0.3 is 6.18 Å². The highest BCUT2D eigenvalue weighted by Gasteiger charge is 2.32. The minimum atomic E-state index is -4.61. The van der Waals surface area contributed by atoms with Crippen LogP contribution in [-0.4, -0.2) is 48.2 Å². The molecule has 1 N–H and O–H groups in total. The second-order valence-electron chi connectivity index (χ2n) is 8.92. The number of sulfone groups is 1. The fraction of sp³-hybridized carbons (Fsp3) is 0.231. The zero-order valence-electron chi connectivity index (χ0n) is 20.4. The van der Waals surface area contributed by atoms with Crippen LogP contribution >= 0.6 is 34.8 Å². The predicted molar refractivity (Wildman–Crippen MR) is 147 cm³/mol. The molecule has 0 saturated heterocycles. The number of hydrogen-bond acceptors (Lipinski definition) is 4. The van der Waals surface area contributed by atoms with Gasteiger partial charge in [-0.2, -0.15) is 13.2 Å². The minimum absolute atomic E-state index is 0.114. The third kappa shape index (κ3) is 6.35. The number of carbonyl (C=O) groups is 1. The van der Waals surface area contributed by atoms with E-state index < -0.39 is 33.8 Å². The van der Waals surface area contributed by atoms with Crippen molar-refractivity contribution in [2.24, 2.45) is 5.92 Å². The summed E-state index contributed by atoms with van der Waals surface area (Å²) in [6, 6.07) is 11.2. The number of halogens is 6. The molecule has 4 rings (SSSR count). The maximum Gasteiger partial charge on any atom is 0.405 e. The minimum Gasteiger partial charge on any atom is -0.342 e. The van der Waals surface area contributed by atoms with E-state index in [9.17, 15) is 26.4 Å². The number of hydrogen-bond donors (Lipinski definition) is 1. The van der Waals surface area contributed by atoms with Crippen molar-refractivity contribution in [3.05, 3.63) is 82.1 Å². The Balaban J connectivity index is 1.84. The van der Waals surface area contributed by atoms with Crippen LogP contribution in [-0.2, 0) is 9.84 Å². The Morgan fingerprint density at radius 1 is 1.10 bits per heavy atom. The van der Waals surface area contributed by atoms with E-state index in [0.29, 0.717) is 11.3 Å². The molecule has 3 aromatic rings. The second-order valence-corrected chi connectivity index (χ2v) is 12.2. The number of allylic oxidation sites excluding steroid dienone is 4. The van der Waals surface area contributed by atoms with Crippen molar-refractivity contribution in [2.45, 2.75) is 23.4 Å². The molecule has 2 unspecified atom stereocenters. The maximum absolute atomic E-state index is 12.7. The molecule has 0 bridgehead atoms. The van der Waals surface area contributed by atoms with Gasteiger partial charge in [0.2, 0.25) is 0 Å². The van der Waals surface area contributed by atoms with E-state index in [0.717, 1.165) is 11.8 Å². The summed E-state index contributed by atoms with van der Waals surface area (Å²) >= 11 is 19.7. The molecule has 6 nitrogen and oxygen atoms in total. The first kappa shape index (κ1) is 29.2. The monoisotopic (exact) mass is 617 g/mol. The normalized spacial score (nSPS) is 17.9. The van der Waals surface area contributed by atoms with Gasteiger partial charge in [-0.15, -0.1) is 11.6 Å².